The zero-order valence-electron chi connectivity index (χ0n) is 44.6. The van der Waals surface area contributed by atoms with Crippen molar-refractivity contribution in [1.29, 1.82) is 5.26 Å². The van der Waals surface area contributed by atoms with Gasteiger partial charge in [-0.25, -0.2) is 4.85 Å². The number of aromatic nitrogens is 2. The average molecular weight is 1020 g/mol. The van der Waals surface area contributed by atoms with E-state index in [0.717, 1.165) is 99.9 Å². The minimum atomic E-state index is -0.370. The number of nitrogens with zero attached hydrogens (tertiary/aromatic N) is 6. The van der Waals surface area contributed by atoms with Crippen LogP contribution in [0.5, 0.6) is 0 Å². The van der Waals surface area contributed by atoms with Crippen LogP contribution >= 0.6 is 0 Å². The van der Waals surface area contributed by atoms with Gasteiger partial charge < -0.3 is 18.9 Å². The smallest absolute Gasteiger partial charge is 0.187 e. The van der Waals surface area contributed by atoms with Gasteiger partial charge in [0, 0.05) is 49.1 Å². The van der Waals surface area contributed by atoms with Gasteiger partial charge in [-0.1, -0.05) is 155 Å². The molecule has 6 heteroatoms. The molecule has 0 radical (unpaired) electrons. The molecule has 0 amide bonds. The van der Waals surface area contributed by atoms with Crippen LogP contribution in [0.4, 0.5) is 39.8 Å². The standard InChI is InChI=1S/C74H50N6/c1-73(2)59-26-14-18-30-65(59)79(71-42-69-57(38-61(71)73)51-24-12-16-28-63(51)77(69)47-20-8-6-9-21-47)67-40-54-50-35-33-46(76-5)37-56(50)68(41-53(54)49-34-32-45(44-75)36-55(49)67)80-66-31-19-15-27-60(66)74(3,4)62-39-58-52-25-13-17-29-64(52)78(70(58)43-72(62)80)48-22-10-7-11-23-48/h6-43H,1-4H3. The highest BCUT2D eigenvalue weighted by Gasteiger charge is 2.41. The molecule has 0 bridgehead atoms. The van der Waals surface area contributed by atoms with E-state index >= 15 is 0 Å². The number of hydrogen-bond donors (Lipinski definition) is 0. The maximum atomic E-state index is 10.8. The van der Waals surface area contributed by atoms with Gasteiger partial charge in [-0.15, -0.1) is 0 Å². The van der Waals surface area contributed by atoms with Crippen LogP contribution in [0.1, 0.15) is 55.5 Å². The Bertz CT molecular complexity index is 4780. The number of rotatable bonds is 4. The molecule has 6 nitrogen and oxygen atoms in total. The first-order valence-electron chi connectivity index (χ1n) is 27.4. The van der Waals surface area contributed by atoms with Gasteiger partial charge in [-0.05, 0) is 152 Å². The van der Waals surface area contributed by atoms with Gasteiger partial charge in [0.1, 0.15) is 0 Å². The van der Waals surface area contributed by atoms with E-state index in [0.29, 0.717) is 11.3 Å². The highest BCUT2D eigenvalue weighted by Crippen LogP contribution is 2.59. The summed E-state index contributed by atoms with van der Waals surface area (Å²) >= 11 is 0. The van der Waals surface area contributed by atoms with Crippen LogP contribution in [0.25, 0.3) is 92.1 Å². The summed E-state index contributed by atoms with van der Waals surface area (Å²) in [7, 11) is 0. The number of fused-ring (bicyclic) bond motifs is 15. The Labute approximate surface area is 463 Å². The number of nitriles is 1. The first kappa shape index (κ1) is 45.8. The zero-order valence-corrected chi connectivity index (χ0v) is 44.6. The maximum absolute atomic E-state index is 10.8. The Hall–Kier alpha value is -10.4. The van der Waals surface area contributed by atoms with Gasteiger partial charge in [0.2, 0.25) is 0 Å². The lowest BCUT2D eigenvalue weighted by Crippen LogP contribution is -2.31. The molecular formula is C74H50N6. The van der Waals surface area contributed by atoms with Gasteiger partial charge in [0.05, 0.1) is 74.4 Å². The predicted molar refractivity (Wildman–Crippen MR) is 332 cm³/mol. The summed E-state index contributed by atoms with van der Waals surface area (Å²) < 4.78 is 4.80. The second-order valence-corrected chi connectivity index (χ2v) is 22.7. The molecule has 0 aliphatic carbocycles. The zero-order chi connectivity index (χ0) is 53.8. The molecule has 2 aliphatic rings. The molecule has 12 aromatic carbocycles. The minimum Gasteiger partial charge on any atom is -0.309 e. The van der Waals surface area contributed by atoms with Crippen molar-refractivity contribution in [3.8, 4) is 17.4 Å². The third-order valence-corrected chi connectivity index (χ3v) is 17.8. The topological polar surface area (TPSA) is 44.5 Å². The fraction of sp³-hybridized carbons (Fsp3) is 0.0811. The normalized spacial score (nSPS) is 14.1. The van der Waals surface area contributed by atoms with Crippen LogP contribution in [-0.4, -0.2) is 9.13 Å². The first-order valence-corrected chi connectivity index (χ1v) is 27.4. The maximum Gasteiger partial charge on any atom is 0.187 e. The Kier molecular flexibility index (Phi) is 9.47. The molecule has 0 atom stereocenters. The molecule has 2 aliphatic heterocycles. The third kappa shape index (κ3) is 6.22. The molecule has 0 N–H and O–H groups in total. The fourth-order valence-corrected chi connectivity index (χ4v) is 14.1. The van der Waals surface area contributed by atoms with E-state index in [2.05, 4.69) is 276 Å². The van der Waals surface area contributed by atoms with Gasteiger partial charge in [0.25, 0.3) is 0 Å². The van der Waals surface area contributed by atoms with Gasteiger partial charge in [-0.2, -0.15) is 5.26 Å². The molecule has 0 unspecified atom stereocenters. The second-order valence-electron chi connectivity index (χ2n) is 22.7. The van der Waals surface area contributed by atoms with Crippen LogP contribution in [0.3, 0.4) is 0 Å². The molecule has 0 saturated heterocycles. The SMILES string of the molecule is [C-]#[N+]c1ccc2c(c1)c(N1c3ccccc3C(C)(C)c3cc4c5ccccc5n(-c5ccccc5)c4cc31)cc1c3ccc(C#N)cc3c(N3c4ccccc4C(C)(C)c4cc5c6ccccc6n(-c6ccccc6)c5cc43)cc21. The van der Waals surface area contributed by atoms with E-state index in [1.165, 1.54) is 43.8 Å². The lowest BCUT2D eigenvalue weighted by Gasteiger charge is -2.43. The number of hydrogen-bond acceptors (Lipinski definition) is 3. The largest absolute Gasteiger partial charge is 0.309 e. The van der Waals surface area contributed by atoms with Crippen molar-refractivity contribution in [2.24, 2.45) is 0 Å². The molecule has 376 valence electrons. The van der Waals surface area contributed by atoms with Crippen molar-refractivity contribution < 1.29 is 0 Å². The molecule has 2 aromatic heterocycles. The van der Waals surface area contributed by atoms with Crippen molar-refractivity contribution in [3.05, 3.63) is 270 Å². The van der Waals surface area contributed by atoms with E-state index in [1.54, 1.807) is 0 Å². The molecule has 0 saturated carbocycles. The Balaban J connectivity index is 1.02. The molecular weight excluding hydrogens is 973 g/mol. The van der Waals surface area contributed by atoms with Crippen molar-refractivity contribution in [2.45, 2.75) is 38.5 Å². The fourth-order valence-electron chi connectivity index (χ4n) is 14.1. The van der Waals surface area contributed by atoms with E-state index < -0.39 is 0 Å². The van der Waals surface area contributed by atoms with E-state index in [9.17, 15) is 5.26 Å². The van der Waals surface area contributed by atoms with Gasteiger partial charge in [-0.3, -0.25) is 0 Å². The molecule has 4 heterocycles. The highest BCUT2D eigenvalue weighted by atomic mass is 15.2. The summed E-state index contributed by atoms with van der Waals surface area (Å²) in [5.41, 5.74) is 18.4. The Morgan fingerprint density at radius 3 is 1.26 bits per heavy atom. The number of anilines is 6. The summed E-state index contributed by atoms with van der Waals surface area (Å²) in [6.45, 7) is 17.9. The Morgan fingerprint density at radius 2 is 0.775 bits per heavy atom. The van der Waals surface area contributed by atoms with Crippen molar-refractivity contribution >= 4 is 116 Å². The Morgan fingerprint density at radius 1 is 0.338 bits per heavy atom. The lowest BCUT2D eigenvalue weighted by atomic mass is 9.73. The molecule has 80 heavy (non-hydrogen) atoms. The molecule has 16 rings (SSSR count). The molecule has 0 spiro atoms. The first-order chi connectivity index (χ1) is 39.1. The second kappa shape index (κ2) is 16.6. The van der Waals surface area contributed by atoms with E-state index in [4.69, 9.17) is 6.57 Å². The van der Waals surface area contributed by atoms with Crippen LogP contribution in [0.2, 0.25) is 0 Å². The van der Waals surface area contributed by atoms with Crippen LogP contribution in [0.15, 0.2) is 231 Å². The van der Waals surface area contributed by atoms with Crippen molar-refractivity contribution in [1.82, 2.24) is 9.13 Å². The minimum absolute atomic E-state index is 0.368. The van der Waals surface area contributed by atoms with Gasteiger partial charge in [0.15, 0.2) is 5.69 Å². The summed E-state index contributed by atoms with van der Waals surface area (Å²) in [4.78, 5) is 9.03. The van der Waals surface area contributed by atoms with Crippen molar-refractivity contribution in [2.75, 3.05) is 9.80 Å². The van der Waals surface area contributed by atoms with Gasteiger partial charge >= 0.3 is 0 Å². The summed E-state index contributed by atoms with van der Waals surface area (Å²) in [6.07, 6.45) is 0. The van der Waals surface area contributed by atoms with Crippen LogP contribution < -0.4 is 9.80 Å². The monoisotopic (exact) mass is 1020 g/mol. The third-order valence-electron chi connectivity index (χ3n) is 17.8. The number of para-hydroxylation sites is 6. The molecule has 14 aromatic rings. The van der Waals surface area contributed by atoms with Crippen LogP contribution in [-0.2, 0) is 10.8 Å². The van der Waals surface area contributed by atoms with E-state index in [1.807, 2.05) is 12.1 Å². The van der Waals surface area contributed by atoms with E-state index in [-0.39, 0.29) is 10.8 Å². The summed E-state index contributed by atoms with van der Waals surface area (Å²) in [6, 6.07) is 85.9. The highest BCUT2D eigenvalue weighted by molar-refractivity contribution is 6.26. The van der Waals surface area contributed by atoms with Crippen molar-refractivity contribution in [3.63, 3.8) is 0 Å². The lowest BCUT2D eigenvalue weighted by molar-refractivity contribution is 0.633. The quantitative estimate of drug-likeness (QED) is 0.130. The summed E-state index contributed by atoms with van der Waals surface area (Å²) in [5.74, 6) is 0. The average Bonchev–Trinajstić information content (AvgIpc) is 3.75. The molecule has 0 fully saturated rings. The summed E-state index contributed by atoms with van der Waals surface area (Å²) in [5, 5.41) is 21.7. The number of benzene rings is 12. The van der Waals surface area contributed by atoms with Crippen LogP contribution in [0, 0.1) is 17.9 Å². The predicted octanol–water partition coefficient (Wildman–Crippen LogP) is 20.0.